The van der Waals surface area contributed by atoms with E-state index in [2.05, 4.69) is 17.4 Å². The molecule has 1 saturated carbocycles. The maximum Gasteiger partial charge on any atom is 0.306 e. The molecule has 5 heteroatoms. The fraction of sp³-hybridized carbons (Fsp3) is 0.481. The Hall–Kier alpha value is -2.82. The minimum atomic E-state index is -0.651. The van der Waals surface area contributed by atoms with Gasteiger partial charge in [0.05, 0.1) is 12.5 Å². The fourth-order valence-electron chi connectivity index (χ4n) is 5.28. The average molecular weight is 436 g/mol. The zero-order chi connectivity index (χ0) is 22.4. The fourth-order valence-corrected chi connectivity index (χ4v) is 5.28. The summed E-state index contributed by atoms with van der Waals surface area (Å²) >= 11 is 0. The van der Waals surface area contributed by atoms with Crippen LogP contribution in [0.2, 0.25) is 0 Å². The van der Waals surface area contributed by atoms with E-state index in [0.717, 1.165) is 57.1 Å². The molecule has 0 saturated heterocycles. The summed E-state index contributed by atoms with van der Waals surface area (Å²) in [5, 5.41) is 12.3. The quantitative estimate of drug-likeness (QED) is 0.562. The lowest BCUT2D eigenvalue weighted by atomic mass is 9.67. The van der Waals surface area contributed by atoms with Crippen molar-refractivity contribution in [2.45, 2.75) is 63.2 Å². The zero-order valence-corrected chi connectivity index (χ0v) is 18.6. The van der Waals surface area contributed by atoms with Gasteiger partial charge >= 0.3 is 5.97 Å². The van der Waals surface area contributed by atoms with Gasteiger partial charge in [-0.1, -0.05) is 36.4 Å². The summed E-state index contributed by atoms with van der Waals surface area (Å²) in [6.45, 7) is 1.17. The van der Waals surface area contributed by atoms with E-state index < -0.39 is 5.97 Å². The molecule has 5 nitrogen and oxygen atoms in total. The Bertz CT molecular complexity index is 932. The molecule has 0 aliphatic heterocycles. The van der Waals surface area contributed by atoms with Gasteiger partial charge in [0.2, 0.25) is 5.91 Å². The first-order chi connectivity index (χ1) is 15.6. The molecule has 2 aromatic rings. The Balaban J connectivity index is 1.21. The topological polar surface area (TPSA) is 75.6 Å². The summed E-state index contributed by atoms with van der Waals surface area (Å²) in [5.41, 5.74) is 4.06. The number of aliphatic carboxylic acids is 1. The van der Waals surface area contributed by atoms with E-state index in [0.29, 0.717) is 19.6 Å². The molecule has 0 radical (unpaired) electrons. The SMILES string of the molecule is O=C(CCc1ccccc1)NCCCOc1ccc2c(c1)C1(CC2)CCC(C(=O)O)CC1. The van der Waals surface area contributed by atoms with Crippen LogP contribution in [0.25, 0.3) is 0 Å². The molecular formula is C27H33NO4. The van der Waals surface area contributed by atoms with Crippen molar-refractivity contribution in [1.29, 1.82) is 0 Å². The van der Waals surface area contributed by atoms with E-state index in [1.54, 1.807) is 0 Å². The van der Waals surface area contributed by atoms with Gasteiger partial charge in [0.1, 0.15) is 5.75 Å². The first-order valence-corrected chi connectivity index (χ1v) is 11.9. The highest BCUT2D eigenvalue weighted by molar-refractivity contribution is 5.76. The molecule has 2 aliphatic rings. The van der Waals surface area contributed by atoms with Crippen molar-refractivity contribution >= 4 is 11.9 Å². The monoisotopic (exact) mass is 435 g/mol. The summed E-state index contributed by atoms with van der Waals surface area (Å²) in [7, 11) is 0. The molecule has 1 spiro atoms. The average Bonchev–Trinajstić information content (AvgIpc) is 3.16. The number of carboxylic acid groups (broad SMARTS) is 1. The summed E-state index contributed by atoms with van der Waals surface area (Å²) in [4.78, 5) is 23.4. The first-order valence-electron chi connectivity index (χ1n) is 11.9. The minimum absolute atomic E-state index is 0.0743. The molecule has 2 N–H and O–H groups in total. The van der Waals surface area contributed by atoms with Crippen molar-refractivity contribution in [3.05, 3.63) is 65.2 Å². The van der Waals surface area contributed by atoms with Gasteiger partial charge in [-0.05, 0) is 85.6 Å². The minimum Gasteiger partial charge on any atom is -0.494 e. The van der Waals surface area contributed by atoms with Crippen LogP contribution in [0.5, 0.6) is 5.75 Å². The summed E-state index contributed by atoms with van der Waals surface area (Å²) in [6, 6.07) is 16.4. The molecule has 0 aromatic heterocycles. The number of benzene rings is 2. The van der Waals surface area contributed by atoms with Crippen molar-refractivity contribution in [1.82, 2.24) is 5.32 Å². The second-order valence-corrected chi connectivity index (χ2v) is 9.25. The van der Waals surface area contributed by atoms with Crippen LogP contribution in [0.15, 0.2) is 48.5 Å². The maximum atomic E-state index is 12.0. The van der Waals surface area contributed by atoms with E-state index in [9.17, 15) is 14.7 Å². The molecule has 1 fully saturated rings. The molecule has 2 aromatic carbocycles. The molecule has 2 aliphatic carbocycles. The molecule has 0 atom stereocenters. The number of nitrogens with one attached hydrogen (secondary N) is 1. The lowest BCUT2D eigenvalue weighted by Crippen LogP contribution is -2.32. The predicted molar refractivity (Wildman–Crippen MR) is 124 cm³/mol. The lowest BCUT2D eigenvalue weighted by molar-refractivity contribution is -0.143. The number of aryl methyl sites for hydroxylation is 2. The van der Waals surface area contributed by atoms with Gasteiger partial charge in [-0.25, -0.2) is 0 Å². The van der Waals surface area contributed by atoms with Crippen LogP contribution in [0.3, 0.4) is 0 Å². The van der Waals surface area contributed by atoms with Crippen LogP contribution < -0.4 is 10.1 Å². The number of carboxylic acids is 1. The van der Waals surface area contributed by atoms with Crippen molar-refractivity contribution < 1.29 is 19.4 Å². The van der Waals surface area contributed by atoms with Crippen molar-refractivity contribution in [2.24, 2.45) is 5.92 Å². The highest BCUT2D eigenvalue weighted by Gasteiger charge is 2.42. The largest absolute Gasteiger partial charge is 0.494 e. The summed E-state index contributed by atoms with van der Waals surface area (Å²) in [6.07, 6.45) is 7.65. The van der Waals surface area contributed by atoms with E-state index in [1.807, 2.05) is 36.4 Å². The van der Waals surface area contributed by atoms with Gasteiger partial charge in [0.25, 0.3) is 0 Å². The third-order valence-corrected chi connectivity index (χ3v) is 7.21. The summed E-state index contributed by atoms with van der Waals surface area (Å²) < 4.78 is 5.99. The molecule has 0 heterocycles. The lowest BCUT2D eigenvalue weighted by Gasteiger charge is -2.37. The molecular weight excluding hydrogens is 402 g/mol. The standard InChI is InChI=1S/C27H33NO4/c29-25(10-7-20-5-2-1-3-6-20)28-17-4-18-32-23-9-8-21-11-14-27(24(21)19-23)15-12-22(13-16-27)26(30)31/h1-3,5-6,8-9,19,22H,4,7,10-18H2,(H,28,29)(H,30,31). The van der Waals surface area contributed by atoms with Gasteiger partial charge in [-0.2, -0.15) is 0 Å². The molecule has 4 rings (SSSR count). The number of rotatable bonds is 9. The number of amides is 1. The number of carbonyl (C=O) groups excluding carboxylic acids is 1. The van der Waals surface area contributed by atoms with E-state index >= 15 is 0 Å². The van der Waals surface area contributed by atoms with Gasteiger partial charge in [0, 0.05) is 13.0 Å². The van der Waals surface area contributed by atoms with Crippen LogP contribution in [0, 0.1) is 5.92 Å². The Morgan fingerprint density at radius 2 is 1.84 bits per heavy atom. The zero-order valence-electron chi connectivity index (χ0n) is 18.6. The van der Waals surface area contributed by atoms with Crippen molar-refractivity contribution in [3.8, 4) is 5.75 Å². The van der Waals surface area contributed by atoms with Crippen LogP contribution in [0.4, 0.5) is 0 Å². The first kappa shape index (κ1) is 22.4. The second-order valence-electron chi connectivity index (χ2n) is 9.25. The Morgan fingerprint density at radius 3 is 2.59 bits per heavy atom. The van der Waals surface area contributed by atoms with Crippen LogP contribution in [-0.4, -0.2) is 30.1 Å². The number of fused-ring (bicyclic) bond motifs is 2. The van der Waals surface area contributed by atoms with Gasteiger partial charge in [-0.15, -0.1) is 0 Å². The second kappa shape index (κ2) is 10.2. The molecule has 170 valence electrons. The Morgan fingerprint density at radius 1 is 1.06 bits per heavy atom. The predicted octanol–water partition coefficient (Wildman–Crippen LogP) is 4.66. The molecule has 0 bridgehead atoms. The van der Waals surface area contributed by atoms with E-state index in [1.165, 1.54) is 16.7 Å². The van der Waals surface area contributed by atoms with Crippen LogP contribution in [0.1, 0.15) is 61.6 Å². The molecule has 32 heavy (non-hydrogen) atoms. The van der Waals surface area contributed by atoms with E-state index in [4.69, 9.17) is 4.74 Å². The highest BCUT2D eigenvalue weighted by Crippen LogP contribution is 2.50. The van der Waals surface area contributed by atoms with Gasteiger partial charge < -0.3 is 15.2 Å². The maximum absolute atomic E-state index is 12.0. The third kappa shape index (κ3) is 5.32. The normalized spacial score (nSPS) is 21.8. The smallest absolute Gasteiger partial charge is 0.306 e. The number of ether oxygens (including phenoxy) is 1. The van der Waals surface area contributed by atoms with Gasteiger partial charge in [-0.3, -0.25) is 9.59 Å². The Kier molecular flexibility index (Phi) is 7.13. The van der Waals surface area contributed by atoms with Crippen LogP contribution >= 0.6 is 0 Å². The Labute approximate surface area is 190 Å². The van der Waals surface area contributed by atoms with Crippen molar-refractivity contribution in [3.63, 3.8) is 0 Å². The van der Waals surface area contributed by atoms with E-state index in [-0.39, 0.29) is 17.2 Å². The molecule has 1 amide bonds. The molecule has 0 unspecified atom stereocenters. The number of carbonyl (C=O) groups is 2. The summed E-state index contributed by atoms with van der Waals surface area (Å²) in [5.74, 6) is 0.111. The number of hydrogen-bond donors (Lipinski definition) is 2. The van der Waals surface area contributed by atoms with Crippen LogP contribution in [-0.2, 0) is 27.8 Å². The number of hydrogen-bond acceptors (Lipinski definition) is 3. The van der Waals surface area contributed by atoms with Crippen molar-refractivity contribution in [2.75, 3.05) is 13.2 Å². The highest BCUT2D eigenvalue weighted by atomic mass is 16.5. The third-order valence-electron chi connectivity index (χ3n) is 7.21. The van der Waals surface area contributed by atoms with Gasteiger partial charge in [0.15, 0.2) is 0 Å².